The monoisotopic (exact) mass is 383 g/mol. The van der Waals surface area contributed by atoms with Crippen LogP contribution in [0, 0.1) is 6.92 Å². The lowest BCUT2D eigenvalue weighted by Gasteiger charge is -2.08. The lowest BCUT2D eigenvalue weighted by atomic mass is 10.1. The van der Waals surface area contributed by atoms with Crippen molar-refractivity contribution in [2.24, 2.45) is 0 Å². The number of aromatic nitrogens is 2. The van der Waals surface area contributed by atoms with Gasteiger partial charge in [0.2, 0.25) is 0 Å². The van der Waals surface area contributed by atoms with Gasteiger partial charge in [0.1, 0.15) is 12.4 Å². The highest BCUT2D eigenvalue weighted by Gasteiger charge is 2.09. The second kappa shape index (κ2) is 8.73. The van der Waals surface area contributed by atoms with Crippen LogP contribution in [-0.2, 0) is 19.7 Å². The van der Waals surface area contributed by atoms with E-state index >= 15 is 0 Å². The number of halogens is 1. The molecule has 0 aliphatic carbocycles. The minimum Gasteiger partial charge on any atom is -0.489 e. The van der Waals surface area contributed by atoms with Crippen LogP contribution in [0.5, 0.6) is 5.75 Å². The predicted octanol–water partition coefficient (Wildman–Crippen LogP) is 4.37. The second-order valence-corrected chi connectivity index (χ2v) is 6.63. The molecule has 0 fully saturated rings. The van der Waals surface area contributed by atoms with Crippen molar-refractivity contribution in [2.45, 2.75) is 33.5 Å². The van der Waals surface area contributed by atoms with Crippen molar-refractivity contribution in [3.05, 3.63) is 82.1 Å². The Morgan fingerprint density at radius 2 is 1.85 bits per heavy atom. The zero-order valence-electron chi connectivity index (χ0n) is 15.4. The van der Waals surface area contributed by atoms with Crippen molar-refractivity contribution < 1.29 is 9.53 Å². The zero-order chi connectivity index (χ0) is 19.2. The number of rotatable bonds is 7. The first-order chi connectivity index (χ1) is 13.1. The van der Waals surface area contributed by atoms with Crippen LogP contribution in [0.2, 0.25) is 5.02 Å². The molecule has 5 nitrogen and oxygen atoms in total. The largest absolute Gasteiger partial charge is 0.489 e. The summed E-state index contributed by atoms with van der Waals surface area (Å²) < 4.78 is 7.62. The SMILES string of the molecule is CCn1ncc(CNC(=O)c2ccc(COc3ccc(Cl)cc3)cc2)c1C. The van der Waals surface area contributed by atoms with Gasteiger partial charge in [0, 0.05) is 34.9 Å². The quantitative estimate of drug-likeness (QED) is 0.659. The first-order valence-corrected chi connectivity index (χ1v) is 9.21. The van der Waals surface area contributed by atoms with Crippen LogP contribution in [0.4, 0.5) is 0 Å². The average molecular weight is 384 g/mol. The Balaban J connectivity index is 1.53. The molecule has 0 unspecified atom stereocenters. The summed E-state index contributed by atoms with van der Waals surface area (Å²) in [5.74, 6) is 0.646. The molecule has 0 saturated heterocycles. The fraction of sp³-hybridized carbons (Fsp3) is 0.238. The normalized spacial score (nSPS) is 10.6. The summed E-state index contributed by atoms with van der Waals surface area (Å²) in [6, 6.07) is 14.6. The van der Waals surface area contributed by atoms with Crippen molar-refractivity contribution in [2.75, 3.05) is 0 Å². The highest BCUT2D eigenvalue weighted by Crippen LogP contribution is 2.17. The summed E-state index contributed by atoms with van der Waals surface area (Å²) in [6.45, 7) is 5.76. The van der Waals surface area contributed by atoms with E-state index in [1.807, 2.05) is 42.8 Å². The third-order valence-electron chi connectivity index (χ3n) is 4.38. The van der Waals surface area contributed by atoms with Crippen molar-refractivity contribution in [3.8, 4) is 5.75 Å². The molecule has 1 amide bonds. The van der Waals surface area contributed by atoms with E-state index in [1.54, 1.807) is 30.5 Å². The molecule has 0 saturated carbocycles. The molecule has 6 heteroatoms. The first kappa shape index (κ1) is 19.0. The molecule has 1 heterocycles. The molecule has 2 aromatic carbocycles. The standard InChI is InChI=1S/C21H22ClN3O2/c1-3-25-15(2)18(13-24-25)12-23-21(26)17-6-4-16(5-7-17)14-27-20-10-8-19(22)9-11-20/h4-11,13H,3,12,14H2,1-2H3,(H,23,26). The number of hydrogen-bond acceptors (Lipinski definition) is 3. The minimum absolute atomic E-state index is 0.108. The molecule has 0 radical (unpaired) electrons. The summed E-state index contributed by atoms with van der Waals surface area (Å²) in [4.78, 5) is 12.3. The van der Waals surface area contributed by atoms with Crippen molar-refractivity contribution in [3.63, 3.8) is 0 Å². The summed E-state index contributed by atoms with van der Waals surface area (Å²) in [6.07, 6.45) is 1.80. The van der Waals surface area contributed by atoms with Crippen molar-refractivity contribution in [1.29, 1.82) is 0 Å². The summed E-state index contributed by atoms with van der Waals surface area (Å²) in [5.41, 5.74) is 3.71. The van der Waals surface area contributed by atoms with Gasteiger partial charge in [-0.1, -0.05) is 23.7 Å². The van der Waals surface area contributed by atoms with Gasteiger partial charge in [0.25, 0.3) is 5.91 Å². The molecule has 3 rings (SSSR count). The molecule has 27 heavy (non-hydrogen) atoms. The number of benzene rings is 2. The second-order valence-electron chi connectivity index (χ2n) is 6.19. The molecule has 0 atom stereocenters. The molecule has 0 aliphatic rings. The average Bonchev–Trinajstić information content (AvgIpc) is 3.05. The van der Waals surface area contributed by atoms with Gasteiger partial charge in [0.05, 0.1) is 6.20 Å². The summed E-state index contributed by atoms with van der Waals surface area (Å²) >= 11 is 5.86. The van der Waals surface area contributed by atoms with E-state index in [1.165, 1.54) is 0 Å². The molecule has 140 valence electrons. The van der Waals surface area contributed by atoms with E-state index in [0.29, 0.717) is 23.7 Å². The van der Waals surface area contributed by atoms with E-state index in [4.69, 9.17) is 16.3 Å². The summed E-state index contributed by atoms with van der Waals surface area (Å²) in [7, 11) is 0. The van der Waals surface area contributed by atoms with Crippen molar-refractivity contribution >= 4 is 17.5 Å². The van der Waals surface area contributed by atoms with Crippen LogP contribution in [-0.4, -0.2) is 15.7 Å². The Kier molecular flexibility index (Phi) is 6.14. The number of carbonyl (C=O) groups is 1. The number of hydrogen-bond donors (Lipinski definition) is 1. The molecule has 3 aromatic rings. The minimum atomic E-state index is -0.108. The number of ether oxygens (including phenoxy) is 1. The maximum absolute atomic E-state index is 12.3. The van der Waals surface area contributed by atoms with Crippen molar-refractivity contribution in [1.82, 2.24) is 15.1 Å². The van der Waals surface area contributed by atoms with Gasteiger partial charge < -0.3 is 10.1 Å². The van der Waals surface area contributed by atoms with Crippen LogP contribution in [0.1, 0.15) is 34.1 Å². The number of amides is 1. The zero-order valence-corrected chi connectivity index (χ0v) is 16.2. The van der Waals surface area contributed by atoms with Crippen LogP contribution in [0.3, 0.4) is 0 Å². The van der Waals surface area contributed by atoms with Gasteiger partial charge >= 0.3 is 0 Å². The fourth-order valence-electron chi connectivity index (χ4n) is 2.70. The Morgan fingerprint density at radius 1 is 1.15 bits per heavy atom. The number of nitrogens with one attached hydrogen (secondary N) is 1. The topological polar surface area (TPSA) is 56.2 Å². The Bertz CT molecular complexity index is 902. The molecule has 0 bridgehead atoms. The lowest BCUT2D eigenvalue weighted by Crippen LogP contribution is -2.23. The van der Waals surface area contributed by atoms with Gasteiger partial charge in [-0.05, 0) is 55.8 Å². The van der Waals surface area contributed by atoms with E-state index in [0.717, 1.165) is 29.1 Å². The molecular formula is C21H22ClN3O2. The van der Waals surface area contributed by atoms with E-state index in [9.17, 15) is 4.79 Å². The lowest BCUT2D eigenvalue weighted by molar-refractivity contribution is 0.0951. The third-order valence-corrected chi connectivity index (χ3v) is 4.63. The van der Waals surface area contributed by atoms with Crippen LogP contribution < -0.4 is 10.1 Å². The first-order valence-electron chi connectivity index (χ1n) is 8.83. The van der Waals surface area contributed by atoms with E-state index < -0.39 is 0 Å². The smallest absolute Gasteiger partial charge is 0.251 e. The maximum Gasteiger partial charge on any atom is 0.251 e. The number of aryl methyl sites for hydroxylation is 1. The maximum atomic E-state index is 12.3. The predicted molar refractivity (Wildman–Crippen MR) is 106 cm³/mol. The van der Waals surface area contributed by atoms with Crippen LogP contribution >= 0.6 is 11.6 Å². The van der Waals surface area contributed by atoms with Crippen LogP contribution in [0.15, 0.2) is 54.7 Å². The molecule has 0 aliphatic heterocycles. The highest BCUT2D eigenvalue weighted by atomic mass is 35.5. The molecular weight excluding hydrogens is 362 g/mol. The van der Waals surface area contributed by atoms with Gasteiger partial charge in [0.15, 0.2) is 0 Å². The Hall–Kier alpha value is -2.79. The van der Waals surface area contributed by atoms with Gasteiger partial charge in [-0.15, -0.1) is 0 Å². The van der Waals surface area contributed by atoms with Gasteiger partial charge in [-0.3, -0.25) is 9.48 Å². The highest BCUT2D eigenvalue weighted by molar-refractivity contribution is 6.30. The van der Waals surface area contributed by atoms with Gasteiger partial charge in [-0.25, -0.2) is 0 Å². The van der Waals surface area contributed by atoms with E-state index in [-0.39, 0.29) is 5.91 Å². The number of carbonyl (C=O) groups excluding carboxylic acids is 1. The summed E-state index contributed by atoms with van der Waals surface area (Å²) in [5, 5.41) is 7.91. The van der Waals surface area contributed by atoms with Gasteiger partial charge in [-0.2, -0.15) is 5.10 Å². The van der Waals surface area contributed by atoms with Crippen LogP contribution in [0.25, 0.3) is 0 Å². The molecule has 1 N–H and O–H groups in total. The Labute approximate surface area is 163 Å². The molecule has 1 aromatic heterocycles. The third kappa shape index (κ3) is 4.89. The molecule has 0 spiro atoms. The Morgan fingerprint density at radius 3 is 2.48 bits per heavy atom. The number of nitrogens with zero attached hydrogens (tertiary/aromatic N) is 2. The fourth-order valence-corrected chi connectivity index (χ4v) is 2.83. The van der Waals surface area contributed by atoms with E-state index in [2.05, 4.69) is 10.4 Å².